The van der Waals surface area contributed by atoms with Gasteiger partial charge in [0.1, 0.15) is 11.1 Å². The van der Waals surface area contributed by atoms with Gasteiger partial charge in [-0.3, -0.25) is 4.79 Å². The predicted molar refractivity (Wildman–Crippen MR) is 65.9 cm³/mol. The Kier molecular flexibility index (Phi) is 3.44. The molecule has 0 aromatic carbocycles. The summed E-state index contributed by atoms with van der Waals surface area (Å²) in [7, 11) is 0. The summed E-state index contributed by atoms with van der Waals surface area (Å²) in [6, 6.07) is 1.76. The molecule has 1 aromatic heterocycles. The van der Waals surface area contributed by atoms with Crippen molar-refractivity contribution in [2.45, 2.75) is 13.0 Å². The molecular formula is C11H14N2O3S. The molecule has 1 fully saturated rings. The summed E-state index contributed by atoms with van der Waals surface area (Å²) in [4.78, 5) is 14.1. The van der Waals surface area contributed by atoms with Crippen LogP contribution in [0.3, 0.4) is 0 Å². The van der Waals surface area contributed by atoms with Crippen LogP contribution in [0.2, 0.25) is 0 Å². The van der Waals surface area contributed by atoms with Crippen molar-refractivity contribution >= 4 is 23.1 Å². The van der Waals surface area contributed by atoms with Gasteiger partial charge in [-0.25, -0.2) is 0 Å². The summed E-state index contributed by atoms with van der Waals surface area (Å²) in [5, 5.41) is 0. The average Bonchev–Trinajstić information content (AvgIpc) is 2.74. The highest BCUT2D eigenvalue weighted by molar-refractivity contribution is 7.80. The van der Waals surface area contributed by atoms with E-state index < -0.39 is 0 Å². The predicted octanol–water partition coefficient (Wildman–Crippen LogP) is 0.715. The summed E-state index contributed by atoms with van der Waals surface area (Å²) in [5.41, 5.74) is 6.35. The number of carbonyl (C=O) groups excluding carboxylic acids is 1. The fourth-order valence-corrected chi connectivity index (χ4v) is 1.88. The number of hydrogen-bond acceptors (Lipinski definition) is 4. The first kappa shape index (κ1) is 12.1. The normalized spacial score (nSPS) is 20.3. The van der Waals surface area contributed by atoms with E-state index in [1.165, 1.54) is 6.26 Å². The number of carbonyl (C=O) groups is 1. The van der Waals surface area contributed by atoms with E-state index in [9.17, 15) is 4.79 Å². The Hall–Kier alpha value is -1.40. The molecule has 1 atom stereocenters. The van der Waals surface area contributed by atoms with E-state index in [0.717, 1.165) is 5.56 Å². The number of furan rings is 1. The van der Waals surface area contributed by atoms with Crippen LogP contribution in [0.1, 0.15) is 16.1 Å². The van der Waals surface area contributed by atoms with Crippen LogP contribution in [0.25, 0.3) is 0 Å². The van der Waals surface area contributed by atoms with E-state index in [-0.39, 0.29) is 17.0 Å². The molecular weight excluding hydrogens is 240 g/mol. The number of aryl methyl sites for hydroxylation is 1. The van der Waals surface area contributed by atoms with Crippen LogP contribution in [0.5, 0.6) is 0 Å². The van der Waals surface area contributed by atoms with Crippen LogP contribution < -0.4 is 5.73 Å². The summed E-state index contributed by atoms with van der Waals surface area (Å²) in [5.74, 6) is 0.227. The van der Waals surface area contributed by atoms with E-state index in [4.69, 9.17) is 27.1 Å². The highest BCUT2D eigenvalue weighted by atomic mass is 32.1. The molecule has 92 valence electrons. The monoisotopic (exact) mass is 254 g/mol. The topological polar surface area (TPSA) is 68.7 Å². The fraction of sp³-hybridized carbons (Fsp3) is 0.455. The van der Waals surface area contributed by atoms with Gasteiger partial charge in [-0.15, -0.1) is 0 Å². The summed E-state index contributed by atoms with van der Waals surface area (Å²) < 4.78 is 10.6. The van der Waals surface area contributed by atoms with Crippen LogP contribution in [0.15, 0.2) is 16.7 Å². The Labute approximate surface area is 105 Å². The number of rotatable bonds is 2. The van der Waals surface area contributed by atoms with Crippen molar-refractivity contribution in [3.8, 4) is 0 Å². The van der Waals surface area contributed by atoms with Crippen molar-refractivity contribution in [1.29, 1.82) is 0 Å². The number of nitrogens with two attached hydrogens (primary N) is 1. The fourth-order valence-electron chi connectivity index (χ4n) is 1.74. The Balaban J connectivity index is 2.10. The third kappa shape index (κ3) is 2.48. The summed E-state index contributed by atoms with van der Waals surface area (Å²) >= 11 is 4.87. The van der Waals surface area contributed by atoms with E-state index >= 15 is 0 Å². The Morgan fingerprint density at radius 1 is 1.65 bits per heavy atom. The van der Waals surface area contributed by atoms with Crippen molar-refractivity contribution in [3.05, 3.63) is 23.7 Å². The Morgan fingerprint density at radius 2 is 2.41 bits per heavy atom. The van der Waals surface area contributed by atoms with E-state index in [1.807, 2.05) is 6.92 Å². The van der Waals surface area contributed by atoms with Gasteiger partial charge < -0.3 is 19.8 Å². The van der Waals surface area contributed by atoms with Gasteiger partial charge >= 0.3 is 0 Å². The molecule has 17 heavy (non-hydrogen) atoms. The number of thiocarbonyl (C=S) groups is 1. The van der Waals surface area contributed by atoms with Gasteiger partial charge in [0.15, 0.2) is 5.76 Å². The zero-order valence-corrected chi connectivity index (χ0v) is 10.3. The number of nitrogens with zero attached hydrogens (tertiary/aromatic N) is 1. The number of morpholine rings is 1. The van der Waals surface area contributed by atoms with Gasteiger partial charge in [0.2, 0.25) is 0 Å². The maximum absolute atomic E-state index is 12.1. The highest BCUT2D eigenvalue weighted by Crippen LogP contribution is 2.15. The first-order valence-electron chi connectivity index (χ1n) is 5.34. The quantitative estimate of drug-likeness (QED) is 0.787. The second kappa shape index (κ2) is 4.85. The minimum absolute atomic E-state index is 0.142. The SMILES string of the molecule is Cc1ccoc1C(=O)N1CCOC(C(N)=S)C1. The lowest BCUT2D eigenvalue weighted by Crippen LogP contribution is -2.49. The van der Waals surface area contributed by atoms with Crippen LogP contribution in [0, 0.1) is 6.92 Å². The lowest BCUT2D eigenvalue weighted by molar-refractivity contribution is 0.00727. The van der Waals surface area contributed by atoms with Crippen molar-refractivity contribution < 1.29 is 13.9 Å². The molecule has 2 N–H and O–H groups in total. The standard InChI is InChI=1S/C11H14N2O3S/c1-7-2-4-16-9(7)11(14)13-3-5-15-8(6-13)10(12)17/h2,4,8H,3,5-6H2,1H3,(H2,12,17). The minimum Gasteiger partial charge on any atom is -0.459 e. The van der Waals surface area contributed by atoms with Crippen molar-refractivity contribution in [2.24, 2.45) is 5.73 Å². The smallest absolute Gasteiger partial charge is 0.290 e. The van der Waals surface area contributed by atoms with Gasteiger partial charge in [0.05, 0.1) is 19.4 Å². The molecule has 0 saturated carbocycles. The molecule has 0 bridgehead atoms. The second-order valence-electron chi connectivity index (χ2n) is 3.95. The van der Waals surface area contributed by atoms with E-state index in [0.29, 0.717) is 25.5 Å². The van der Waals surface area contributed by atoms with Crippen molar-refractivity contribution in [2.75, 3.05) is 19.7 Å². The number of ether oxygens (including phenoxy) is 1. The van der Waals surface area contributed by atoms with E-state index in [2.05, 4.69) is 0 Å². The Bertz CT molecular complexity index is 444. The summed E-state index contributed by atoms with van der Waals surface area (Å²) in [6.07, 6.45) is 1.15. The number of hydrogen-bond donors (Lipinski definition) is 1. The third-order valence-corrected chi connectivity index (χ3v) is 2.99. The lowest BCUT2D eigenvalue weighted by atomic mass is 10.2. The first-order chi connectivity index (χ1) is 8.09. The molecule has 2 heterocycles. The van der Waals surface area contributed by atoms with E-state index in [1.54, 1.807) is 11.0 Å². The third-order valence-electron chi connectivity index (χ3n) is 2.73. The lowest BCUT2D eigenvalue weighted by Gasteiger charge is -2.31. The second-order valence-corrected chi connectivity index (χ2v) is 4.42. The molecule has 1 saturated heterocycles. The van der Waals surface area contributed by atoms with Gasteiger partial charge in [-0.1, -0.05) is 12.2 Å². The maximum Gasteiger partial charge on any atom is 0.290 e. The summed E-state index contributed by atoms with van der Waals surface area (Å²) in [6.45, 7) is 3.18. The molecule has 0 spiro atoms. The molecule has 2 rings (SSSR count). The molecule has 6 heteroatoms. The maximum atomic E-state index is 12.1. The molecule has 1 aliphatic rings. The van der Waals surface area contributed by atoms with Gasteiger partial charge in [-0.05, 0) is 13.0 Å². The molecule has 1 aliphatic heterocycles. The largest absolute Gasteiger partial charge is 0.459 e. The first-order valence-corrected chi connectivity index (χ1v) is 5.74. The molecule has 1 unspecified atom stereocenters. The van der Waals surface area contributed by atoms with Crippen LogP contribution in [0.4, 0.5) is 0 Å². The highest BCUT2D eigenvalue weighted by Gasteiger charge is 2.28. The zero-order chi connectivity index (χ0) is 12.4. The molecule has 1 amide bonds. The zero-order valence-electron chi connectivity index (χ0n) is 9.51. The molecule has 0 radical (unpaired) electrons. The Morgan fingerprint density at radius 3 is 3.00 bits per heavy atom. The number of amides is 1. The van der Waals surface area contributed by atoms with Gasteiger partial charge in [0, 0.05) is 12.1 Å². The van der Waals surface area contributed by atoms with Crippen molar-refractivity contribution in [3.63, 3.8) is 0 Å². The average molecular weight is 254 g/mol. The molecule has 5 nitrogen and oxygen atoms in total. The van der Waals surface area contributed by atoms with Gasteiger partial charge in [0.25, 0.3) is 5.91 Å². The molecule has 1 aromatic rings. The van der Waals surface area contributed by atoms with Gasteiger partial charge in [-0.2, -0.15) is 0 Å². The minimum atomic E-state index is -0.363. The van der Waals surface area contributed by atoms with Crippen molar-refractivity contribution in [1.82, 2.24) is 4.90 Å². The van der Waals surface area contributed by atoms with Crippen LogP contribution >= 0.6 is 12.2 Å². The van der Waals surface area contributed by atoms with Crippen LogP contribution in [-0.4, -0.2) is 41.6 Å². The molecule has 0 aliphatic carbocycles. The van der Waals surface area contributed by atoms with Crippen LogP contribution in [-0.2, 0) is 4.74 Å².